The van der Waals surface area contributed by atoms with Crippen molar-refractivity contribution in [3.63, 3.8) is 0 Å². The lowest BCUT2D eigenvalue weighted by molar-refractivity contribution is 0.281. The van der Waals surface area contributed by atoms with E-state index in [1.54, 1.807) is 0 Å². The van der Waals surface area contributed by atoms with E-state index in [4.69, 9.17) is 0 Å². The first kappa shape index (κ1) is 14.3. The van der Waals surface area contributed by atoms with Gasteiger partial charge in [-0.3, -0.25) is 9.58 Å². The van der Waals surface area contributed by atoms with E-state index in [9.17, 15) is 0 Å². The molecule has 1 fully saturated rings. The van der Waals surface area contributed by atoms with Crippen molar-refractivity contribution < 1.29 is 0 Å². The van der Waals surface area contributed by atoms with Crippen molar-refractivity contribution in [3.05, 3.63) is 53.3 Å². The molecule has 3 rings (SSSR count). The van der Waals surface area contributed by atoms with Gasteiger partial charge in [-0.2, -0.15) is 5.10 Å². The Bertz CT molecular complexity index is 613. The van der Waals surface area contributed by atoms with Crippen LogP contribution in [0.15, 0.2) is 36.5 Å². The number of hydrogen-bond acceptors (Lipinski definition) is 2. The summed E-state index contributed by atoms with van der Waals surface area (Å²) in [7, 11) is 2.01. The molecule has 0 saturated carbocycles. The van der Waals surface area contributed by atoms with Crippen molar-refractivity contribution in [2.75, 3.05) is 13.1 Å². The molecule has 1 saturated heterocycles. The molecule has 0 amide bonds. The molecule has 0 spiro atoms. The number of rotatable bonds is 3. The van der Waals surface area contributed by atoms with Crippen LogP contribution in [-0.4, -0.2) is 27.8 Å². The molecular formula is C18H25N3. The fourth-order valence-corrected chi connectivity index (χ4v) is 3.56. The van der Waals surface area contributed by atoms with E-state index in [1.807, 2.05) is 17.9 Å². The van der Waals surface area contributed by atoms with Gasteiger partial charge in [-0.1, -0.05) is 44.2 Å². The molecule has 2 aromatic rings. The maximum Gasteiger partial charge on any atom is 0.0537 e. The summed E-state index contributed by atoms with van der Waals surface area (Å²) < 4.78 is 1.96. The van der Waals surface area contributed by atoms with Crippen molar-refractivity contribution in [1.82, 2.24) is 14.7 Å². The molecule has 0 aliphatic carbocycles. The summed E-state index contributed by atoms with van der Waals surface area (Å²) in [4.78, 5) is 2.57. The van der Waals surface area contributed by atoms with Gasteiger partial charge >= 0.3 is 0 Å². The predicted molar refractivity (Wildman–Crippen MR) is 86.2 cm³/mol. The average Bonchev–Trinajstić information content (AvgIpc) is 2.93. The van der Waals surface area contributed by atoms with Gasteiger partial charge in [0.25, 0.3) is 0 Å². The zero-order valence-electron chi connectivity index (χ0n) is 13.5. The van der Waals surface area contributed by atoms with Gasteiger partial charge in [0.1, 0.15) is 0 Å². The van der Waals surface area contributed by atoms with Crippen LogP contribution in [0.1, 0.15) is 36.6 Å². The second-order valence-corrected chi connectivity index (χ2v) is 7.00. The quantitative estimate of drug-likeness (QED) is 0.861. The summed E-state index contributed by atoms with van der Waals surface area (Å²) in [6, 6.07) is 10.9. The highest BCUT2D eigenvalue weighted by Gasteiger charge is 2.40. The highest BCUT2D eigenvalue weighted by molar-refractivity contribution is 5.25. The molecule has 1 aromatic carbocycles. The average molecular weight is 283 g/mol. The van der Waals surface area contributed by atoms with Crippen molar-refractivity contribution in [1.29, 1.82) is 0 Å². The van der Waals surface area contributed by atoms with Gasteiger partial charge in [0, 0.05) is 43.9 Å². The van der Waals surface area contributed by atoms with Gasteiger partial charge in [0.2, 0.25) is 0 Å². The van der Waals surface area contributed by atoms with E-state index < -0.39 is 0 Å². The van der Waals surface area contributed by atoms with Crippen LogP contribution in [0.25, 0.3) is 0 Å². The van der Waals surface area contributed by atoms with Crippen molar-refractivity contribution in [2.24, 2.45) is 12.5 Å². The fraction of sp³-hybridized carbons (Fsp3) is 0.500. The number of benzene rings is 1. The SMILES string of the molecule is Cc1c(CN2CC(c3ccccc3)C(C)(C)C2)cnn1C. The Kier molecular flexibility index (Phi) is 3.62. The number of likely N-dealkylation sites (tertiary alicyclic amines) is 1. The normalized spacial score (nSPS) is 21.8. The first-order valence-electron chi connectivity index (χ1n) is 7.72. The third-order valence-electron chi connectivity index (χ3n) is 4.95. The van der Waals surface area contributed by atoms with Crippen LogP contribution in [0.2, 0.25) is 0 Å². The zero-order chi connectivity index (χ0) is 15.0. The van der Waals surface area contributed by atoms with Gasteiger partial charge < -0.3 is 0 Å². The van der Waals surface area contributed by atoms with Crippen molar-refractivity contribution >= 4 is 0 Å². The lowest BCUT2D eigenvalue weighted by Gasteiger charge is -2.26. The third kappa shape index (κ3) is 2.75. The number of hydrogen-bond donors (Lipinski definition) is 0. The molecule has 2 heterocycles. The van der Waals surface area contributed by atoms with E-state index in [2.05, 4.69) is 61.1 Å². The molecule has 3 heteroatoms. The Balaban J connectivity index is 1.77. The Morgan fingerprint density at radius 3 is 2.57 bits per heavy atom. The highest BCUT2D eigenvalue weighted by atomic mass is 15.3. The summed E-state index contributed by atoms with van der Waals surface area (Å²) in [6.45, 7) is 10.2. The minimum absolute atomic E-state index is 0.317. The van der Waals surface area contributed by atoms with E-state index in [-0.39, 0.29) is 0 Å². The van der Waals surface area contributed by atoms with Gasteiger partial charge in [-0.15, -0.1) is 0 Å². The van der Waals surface area contributed by atoms with Crippen LogP contribution < -0.4 is 0 Å². The molecule has 1 atom stereocenters. The van der Waals surface area contributed by atoms with Gasteiger partial charge in [0.05, 0.1) is 6.20 Å². The molecule has 1 aliphatic rings. The van der Waals surface area contributed by atoms with Crippen molar-refractivity contribution in [2.45, 2.75) is 33.2 Å². The lowest BCUT2D eigenvalue weighted by Crippen LogP contribution is -2.23. The Labute approximate surface area is 127 Å². The molecule has 1 unspecified atom stereocenters. The monoisotopic (exact) mass is 283 g/mol. The maximum atomic E-state index is 4.36. The Hall–Kier alpha value is -1.61. The minimum atomic E-state index is 0.317. The Morgan fingerprint density at radius 1 is 1.24 bits per heavy atom. The largest absolute Gasteiger partial charge is 0.298 e. The van der Waals surface area contributed by atoms with E-state index >= 15 is 0 Å². The lowest BCUT2D eigenvalue weighted by atomic mass is 9.78. The predicted octanol–water partition coefficient (Wildman–Crippen LogP) is 3.35. The molecule has 0 N–H and O–H groups in total. The van der Waals surface area contributed by atoms with Gasteiger partial charge in [-0.25, -0.2) is 0 Å². The molecule has 1 aromatic heterocycles. The minimum Gasteiger partial charge on any atom is -0.298 e. The zero-order valence-corrected chi connectivity index (χ0v) is 13.5. The van der Waals surface area contributed by atoms with Crippen LogP contribution in [0.5, 0.6) is 0 Å². The molecule has 21 heavy (non-hydrogen) atoms. The first-order chi connectivity index (χ1) is 9.97. The molecule has 3 nitrogen and oxygen atoms in total. The van der Waals surface area contributed by atoms with E-state index in [0.29, 0.717) is 11.3 Å². The second-order valence-electron chi connectivity index (χ2n) is 7.00. The molecular weight excluding hydrogens is 258 g/mol. The summed E-state index contributed by atoms with van der Waals surface area (Å²) in [5.41, 5.74) is 4.41. The van der Waals surface area contributed by atoms with Crippen LogP contribution in [0.3, 0.4) is 0 Å². The van der Waals surface area contributed by atoms with Crippen molar-refractivity contribution in [3.8, 4) is 0 Å². The van der Waals surface area contributed by atoms with Gasteiger partial charge in [0.15, 0.2) is 0 Å². The van der Waals surface area contributed by atoms with E-state index in [0.717, 1.165) is 19.6 Å². The molecule has 0 bridgehead atoms. The van der Waals surface area contributed by atoms with Crippen LogP contribution in [0.4, 0.5) is 0 Å². The smallest absolute Gasteiger partial charge is 0.0537 e. The summed E-state index contributed by atoms with van der Waals surface area (Å²) in [5, 5.41) is 4.36. The fourth-order valence-electron chi connectivity index (χ4n) is 3.56. The third-order valence-corrected chi connectivity index (χ3v) is 4.95. The number of aryl methyl sites for hydroxylation is 1. The Morgan fingerprint density at radius 2 is 1.95 bits per heavy atom. The summed E-state index contributed by atoms with van der Waals surface area (Å²) >= 11 is 0. The number of aromatic nitrogens is 2. The summed E-state index contributed by atoms with van der Waals surface area (Å²) in [6.07, 6.45) is 2.01. The maximum absolute atomic E-state index is 4.36. The second kappa shape index (κ2) is 5.30. The topological polar surface area (TPSA) is 21.1 Å². The number of nitrogens with zero attached hydrogens (tertiary/aromatic N) is 3. The molecule has 112 valence electrons. The van der Waals surface area contributed by atoms with Crippen LogP contribution in [0, 0.1) is 12.3 Å². The summed E-state index contributed by atoms with van der Waals surface area (Å²) in [5.74, 6) is 0.607. The first-order valence-corrected chi connectivity index (χ1v) is 7.72. The van der Waals surface area contributed by atoms with Crippen LogP contribution >= 0.6 is 0 Å². The van der Waals surface area contributed by atoms with E-state index in [1.165, 1.54) is 16.8 Å². The van der Waals surface area contributed by atoms with Crippen LogP contribution in [-0.2, 0) is 13.6 Å². The standard InChI is InChI=1S/C18H25N3/c1-14-16(10-19-20(14)4)11-21-12-17(18(2,3)13-21)15-8-6-5-7-9-15/h5-10,17H,11-13H2,1-4H3. The van der Waals surface area contributed by atoms with Gasteiger partial charge in [-0.05, 0) is 17.9 Å². The molecule has 1 aliphatic heterocycles. The molecule has 0 radical (unpaired) electrons. The highest BCUT2D eigenvalue weighted by Crippen LogP contribution is 2.42.